The van der Waals surface area contributed by atoms with Gasteiger partial charge in [-0.25, -0.2) is 0 Å². The van der Waals surface area contributed by atoms with Gasteiger partial charge in [0.2, 0.25) is 0 Å². The number of benzene rings is 2. The molecule has 4 N–H and O–H groups in total. The van der Waals surface area contributed by atoms with Gasteiger partial charge >= 0.3 is 0 Å². The summed E-state index contributed by atoms with van der Waals surface area (Å²) >= 11 is 0. The summed E-state index contributed by atoms with van der Waals surface area (Å²) < 4.78 is 9.50. The van der Waals surface area contributed by atoms with Gasteiger partial charge in [-0.1, -0.05) is 83.5 Å². The Balaban J connectivity index is 0.000000898. The molecule has 4 rings (SSSR count). The first-order chi connectivity index (χ1) is 17.8. The highest BCUT2D eigenvalue weighted by Crippen LogP contribution is 2.41. The Morgan fingerprint density at radius 3 is 2.24 bits per heavy atom. The number of alkyl halides is 1. The fourth-order valence-corrected chi connectivity index (χ4v) is 5.67. The van der Waals surface area contributed by atoms with Crippen LogP contribution < -0.4 is 16.4 Å². The third-order valence-corrected chi connectivity index (χ3v) is 7.93. The molecule has 2 aromatic carbocycles. The monoisotopic (exact) mass is 509 g/mol. The Kier molecular flexibility index (Phi) is 12.8. The number of anilines is 1. The van der Waals surface area contributed by atoms with Crippen LogP contribution in [0.25, 0.3) is 11.1 Å². The molecule has 37 heavy (non-hydrogen) atoms. The topological polar surface area (TPSA) is 55.3 Å². The maximum absolute atomic E-state index is 9.50. The van der Waals surface area contributed by atoms with E-state index in [9.17, 15) is 4.39 Å². The number of allylic oxidation sites excluding steroid dienone is 1. The van der Waals surface area contributed by atoms with Gasteiger partial charge in [0.05, 0.1) is 7.18 Å². The van der Waals surface area contributed by atoms with Crippen molar-refractivity contribution in [3.8, 4) is 11.1 Å². The van der Waals surface area contributed by atoms with Crippen LogP contribution in [0, 0.1) is 11.8 Å². The van der Waals surface area contributed by atoms with E-state index in [1.165, 1.54) is 60.2 Å². The minimum absolute atomic E-state index is 0.0445. The molecule has 2 aromatic rings. The summed E-state index contributed by atoms with van der Waals surface area (Å²) in [4.78, 5) is 2.54. The lowest BCUT2D eigenvalue weighted by molar-refractivity contribution is 0.352. The smallest absolute Gasteiger partial charge is 0.0785 e. The zero-order valence-electron chi connectivity index (χ0n) is 24.1. The molecule has 0 bridgehead atoms. The van der Waals surface area contributed by atoms with Crippen molar-refractivity contribution in [2.75, 3.05) is 25.2 Å². The number of nitrogens with two attached hydrogens (primary N) is 2. The molecule has 0 saturated heterocycles. The van der Waals surface area contributed by atoms with E-state index in [0.717, 1.165) is 32.4 Å². The summed E-state index contributed by atoms with van der Waals surface area (Å²) in [6.07, 6.45) is 9.78. The summed E-state index contributed by atoms with van der Waals surface area (Å²) in [6.45, 7) is 15.1. The Morgan fingerprint density at radius 1 is 1.05 bits per heavy atom. The molecule has 2 atom stereocenters. The fourth-order valence-electron chi connectivity index (χ4n) is 5.67. The highest BCUT2D eigenvalue weighted by atomic mass is 19.1. The zero-order valence-corrected chi connectivity index (χ0v) is 24.1. The molecule has 4 heteroatoms. The molecular weight excluding hydrogens is 457 g/mol. The van der Waals surface area contributed by atoms with Crippen LogP contribution in [0.2, 0.25) is 0 Å². The van der Waals surface area contributed by atoms with E-state index in [1.54, 1.807) is 0 Å². The van der Waals surface area contributed by atoms with Crippen molar-refractivity contribution in [1.29, 1.82) is 0 Å². The maximum Gasteiger partial charge on any atom is 0.0785 e. The first-order valence-corrected chi connectivity index (χ1v) is 14.3. The van der Waals surface area contributed by atoms with Crippen LogP contribution in [0.15, 0.2) is 60.8 Å². The van der Waals surface area contributed by atoms with Crippen LogP contribution in [0.4, 0.5) is 10.1 Å². The first kappa shape index (κ1) is 31.1. The van der Waals surface area contributed by atoms with E-state index < -0.39 is 0 Å². The van der Waals surface area contributed by atoms with Gasteiger partial charge in [0, 0.05) is 23.5 Å². The highest BCUT2D eigenvalue weighted by Gasteiger charge is 2.36. The Labute approximate surface area is 226 Å². The molecule has 2 aliphatic rings. The second-order valence-electron chi connectivity index (χ2n) is 11.2. The van der Waals surface area contributed by atoms with E-state index in [2.05, 4.69) is 80.8 Å². The number of nitrogens with zero attached hydrogens (tertiary/aromatic N) is 1. The largest absolute Gasteiger partial charge is 0.345 e. The molecule has 2 unspecified atom stereocenters. The van der Waals surface area contributed by atoms with Crippen molar-refractivity contribution < 1.29 is 4.39 Å². The number of halogens is 1. The average Bonchev–Trinajstić information content (AvgIpc) is 3.23. The molecule has 0 heterocycles. The third-order valence-electron chi connectivity index (χ3n) is 7.93. The van der Waals surface area contributed by atoms with Crippen LogP contribution >= 0.6 is 0 Å². The van der Waals surface area contributed by atoms with Gasteiger partial charge in [-0.05, 0) is 91.6 Å². The molecule has 2 fully saturated rings. The molecular formula is C33H52FN3. The molecule has 3 nitrogen and oxygen atoms in total. The minimum atomic E-state index is 0.0445. The van der Waals surface area contributed by atoms with Crippen LogP contribution in [0.3, 0.4) is 0 Å². The summed E-state index contributed by atoms with van der Waals surface area (Å²) in [5, 5.41) is 0. The molecule has 0 radical (unpaired) electrons. The van der Waals surface area contributed by atoms with Gasteiger partial charge in [0.15, 0.2) is 0 Å². The quantitative estimate of drug-likeness (QED) is 0.356. The molecule has 0 spiro atoms. The second-order valence-corrected chi connectivity index (χ2v) is 11.2. The lowest BCUT2D eigenvalue weighted by atomic mass is 9.82. The molecule has 0 aliphatic heterocycles. The van der Waals surface area contributed by atoms with Gasteiger partial charge in [0.1, 0.15) is 0 Å². The van der Waals surface area contributed by atoms with Crippen LogP contribution in [0.1, 0.15) is 90.5 Å². The Bertz CT molecular complexity index is 935. The normalized spacial score (nSPS) is 20.8. The van der Waals surface area contributed by atoms with E-state index in [1.807, 2.05) is 6.92 Å². The molecule has 0 aromatic heterocycles. The second kappa shape index (κ2) is 15.3. The van der Waals surface area contributed by atoms with Gasteiger partial charge in [0.25, 0.3) is 0 Å². The average molecular weight is 510 g/mol. The molecule has 2 saturated carbocycles. The van der Waals surface area contributed by atoms with Crippen LogP contribution in [-0.2, 0) is 0 Å². The number of hydrogen-bond donors (Lipinski definition) is 2. The highest BCUT2D eigenvalue weighted by molar-refractivity contribution is 5.70. The van der Waals surface area contributed by atoms with Crippen molar-refractivity contribution in [3.05, 3.63) is 66.4 Å². The molecule has 2 aliphatic carbocycles. The zero-order chi connectivity index (χ0) is 27.4. The van der Waals surface area contributed by atoms with Crippen molar-refractivity contribution in [2.24, 2.45) is 23.3 Å². The summed E-state index contributed by atoms with van der Waals surface area (Å²) in [6, 6.07) is 18.2. The van der Waals surface area contributed by atoms with Gasteiger partial charge in [-0.15, -0.1) is 0 Å². The van der Waals surface area contributed by atoms with E-state index in [4.69, 9.17) is 11.5 Å². The van der Waals surface area contributed by atoms with E-state index in [-0.39, 0.29) is 5.54 Å². The predicted octanol–water partition coefficient (Wildman–Crippen LogP) is 8.45. The lowest BCUT2D eigenvalue weighted by Gasteiger charge is -2.38. The van der Waals surface area contributed by atoms with Gasteiger partial charge < -0.3 is 16.4 Å². The summed E-state index contributed by atoms with van der Waals surface area (Å²) in [5.74, 6) is 1.85. The van der Waals surface area contributed by atoms with Gasteiger partial charge in [-0.2, -0.15) is 0 Å². The number of rotatable bonds is 9. The Hall–Kier alpha value is -2.17. The first-order valence-electron chi connectivity index (χ1n) is 14.3. The summed E-state index contributed by atoms with van der Waals surface area (Å²) in [7, 11) is 0.500. The standard InChI is InChI=1S/C30H42N2.C2H7N.CH3F/c1-5-17-30(31)18-16-24(20-30)21-32(23(4)26-8-6-9-26)29-11-7-10-28(19-29)27-14-12-25(13-15-27)22(2)3;1-2-3;1-2/h7,10-15,19,22,24,26H,4-6,8-9,16-18,20-21,31H2,1-3H3;2-3H2,1H3;1H3. The van der Waals surface area contributed by atoms with Crippen molar-refractivity contribution in [1.82, 2.24) is 0 Å². The van der Waals surface area contributed by atoms with E-state index >= 15 is 0 Å². The molecule has 0 amide bonds. The fraction of sp³-hybridized carbons (Fsp3) is 0.576. The summed E-state index contributed by atoms with van der Waals surface area (Å²) in [5.41, 5.74) is 18.2. The van der Waals surface area contributed by atoms with Crippen LogP contribution in [0.5, 0.6) is 0 Å². The van der Waals surface area contributed by atoms with Crippen molar-refractivity contribution >= 4 is 5.69 Å². The third kappa shape index (κ3) is 8.68. The van der Waals surface area contributed by atoms with Crippen molar-refractivity contribution in [3.63, 3.8) is 0 Å². The van der Waals surface area contributed by atoms with E-state index in [0.29, 0.717) is 24.9 Å². The number of hydrogen-bond acceptors (Lipinski definition) is 3. The van der Waals surface area contributed by atoms with Crippen LogP contribution in [-0.4, -0.2) is 25.8 Å². The SMILES string of the molecule is C=C(C1CCC1)N(CC1CCC(N)(CCC)C1)c1cccc(-c2ccc(C(C)C)cc2)c1.CCN.CF. The Morgan fingerprint density at radius 2 is 1.70 bits per heavy atom. The minimum Gasteiger partial charge on any atom is -0.345 e. The lowest BCUT2D eigenvalue weighted by Crippen LogP contribution is -2.38. The maximum atomic E-state index is 9.50. The predicted molar refractivity (Wildman–Crippen MR) is 161 cm³/mol. The van der Waals surface area contributed by atoms with Gasteiger partial charge in [-0.3, -0.25) is 4.39 Å². The van der Waals surface area contributed by atoms with Crippen molar-refractivity contribution in [2.45, 2.75) is 90.5 Å². The molecule has 206 valence electrons.